The molecule has 1 amide bonds. The zero-order valence-corrected chi connectivity index (χ0v) is 10.2. The molecule has 0 aromatic carbocycles. The second-order valence-electron chi connectivity index (χ2n) is 4.51. The van der Waals surface area contributed by atoms with Crippen molar-refractivity contribution in [1.29, 1.82) is 0 Å². The molecule has 0 aromatic rings. The highest BCUT2D eigenvalue weighted by Gasteiger charge is 2.25. The molecule has 0 bridgehead atoms. The molecule has 1 fully saturated rings. The van der Waals surface area contributed by atoms with Crippen molar-refractivity contribution in [3.8, 4) is 0 Å². The fourth-order valence-corrected chi connectivity index (χ4v) is 1.79. The summed E-state index contributed by atoms with van der Waals surface area (Å²) in [5, 5.41) is 0. The Kier molecular flexibility index (Phi) is 4.54. The Balaban J connectivity index is 2.49. The molecular weight excluding hydrogens is 192 g/mol. The number of carbonyl (C=O) groups is 1. The van der Waals surface area contributed by atoms with Crippen LogP contribution in [0.5, 0.6) is 0 Å². The van der Waals surface area contributed by atoms with E-state index in [0.717, 1.165) is 19.5 Å². The molecule has 1 aliphatic rings. The molecule has 0 radical (unpaired) electrons. The van der Waals surface area contributed by atoms with Gasteiger partial charge in [0.05, 0.1) is 6.61 Å². The van der Waals surface area contributed by atoms with E-state index in [1.165, 1.54) is 0 Å². The monoisotopic (exact) mass is 214 g/mol. The van der Waals surface area contributed by atoms with Gasteiger partial charge in [-0.15, -0.1) is 0 Å². The van der Waals surface area contributed by atoms with Crippen molar-refractivity contribution in [1.82, 2.24) is 9.80 Å². The second-order valence-corrected chi connectivity index (χ2v) is 4.51. The van der Waals surface area contributed by atoms with E-state index in [2.05, 4.69) is 18.7 Å². The summed E-state index contributed by atoms with van der Waals surface area (Å²) in [5.41, 5.74) is 0. The molecule has 0 aliphatic carbocycles. The zero-order chi connectivity index (χ0) is 11.4. The van der Waals surface area contributed by atoms with Gasteiger partial charge in [-0.1, -0.05) is 0 Å². The molecule has 1 heterocycles. The highest BCUT2D eigenvalue weighted by Crippen LogP contribution is 2.11. The maximum Gasteiger partial charge on any atom is 0.251 e. The topological polar surface area (TPSA) is 32.8 Å². The van der Waals surface area contributed by atoms with E-state index in [1.807, 2.05) is 0 Å². The van der Waals surface area contributed by atoms with Gasteiger partial charge >= 0.3 is 0 Å². The van der Waals surface area contributed by atoms with Crippen molar-refractivity contribution in [3.63, 3.8) is 0 Å². The molecule has 4 heteroatoms. The average Bonchev–Trinajstić information content (AvgIpc) is 2.41. The predicted molar refractivity (Wildman–Crippen MR) is 59.8 cm³/mol. The fourth-order valence-electron chi connectivity index (χ4n) is 1.79. The maximum atomic E-state index is 11.7. The summed E-state index contributed by atoms with van der Waals surface area (Å²) >= 11 is 0. The minimum absolute atomic E-state index is 0.0839. The first kappa shape index (κ1) is 12.5. The summed E-state index contributed by atoms with van der Waals surface area (Å²) in [4.78, 5) is 15.7. The first-order valence-electron chi connectivity index (χ1n) is 5.59. The lowest BCUT2D eigenvalue weighted by Crippen LogP contribution is -2.36. The van der Waals surface area contributed by atoms with Gasteiger partial charge in [0.1, 0.15) is 6.10 Å². The first-order chi connectivity index (χ1) is 7.02. The van der Waals surface area contributed by atoms with Crippen LogP contribution in [0.15, 0.2) is 0 Å². The molecule has 4 nitrogen and oxygen atoms in total. The molecule has 0 spiro atoms. The average molecular weight is 214 g/mol. The molecule has 1 unspecified atom stereocenters. The Labute approximate surface area is 92.2 Å². The van der Waals surface area contributed by atoms with Crippen LogP contribution in [0.3, 0.4) is 0 Å². The highest BCUT2D eigenvalue weighted by atomic mass is 16.5. The van der Waals surface area contributed by atoms with Crippen LogP contribution >= 0.6 is 0 Å². The number of rotatable bonds is 2. The maximum absolute atomic E-state index is 11.7. The van der Waals surface area contributed by atoms with Gasteiger partial charge in [-0.2, -0.15) is 0 Å². The number of nitrogens with zero attached hydrogens (tertiary/aromatic N) is 2. The molecule has 0 saturated carbocycles. The van der Waals surface area contributed by atoms with Crippen LogP contribution in [-0.4, -0.2) is 61.6 Å². The second kappa shape index (κ2) is 5.47. The Hall–Kier alpha value is -0.610. The van der Waals surface area contributed by atoms with E-state index >= 15 is 0 Å². The number of hydrogen-bond donors (Lipinski definition) is 0. The summed E-state index contributed by atoms with van der Waals surface area (Å²) in [6, 6.07) is 0.529. The minimum atomic E-state index is -0.247. The molecule has 1 atom stereocenters. The van der Waals surface area contributed by atoms with Crippen molar-refractivity contribution in [2.24, 2.45) is 0 Å². The third-order valence-electron chi connectivity index (χ3n) is 2.82. The standard InChI is InChI=1S/C11H22N2O2/c1-9(2)13-6-5-10(15-8-7-13)11(14)12(3)4/h9-10H,5-8H2,1-4H3. The van der Waals surface area contributed by atoms with Crippen LogP contribution < -0.4 is 0 Å². The van der Waals surface area contributed by atoms with E-state index in [9.17, 15) is 4.79 Å². The number of hydrogen-bond acceptors (Lipinski definition) is 3. The first-order valence-corrected chi connectivity index (χ1v) is 5.59. The van der Waals surface area contributed by atoms with Crippen molar-refractivity contribution >= 4 is 5.91 Å². The van der Waals surface area contributed by atoms with Gasteiger partial charge < -0.3 is 9.64 Å². The fraction of sp³-hybridized carbons (Fsp3) is 0.909. The van der Waals surface area contributed by atoms with Gasteiger partial charge in [0, 0.05) is 33.2 Å². The summed E-state index contributed by atoms with van der Waals surface area (Å²) < 4.78 is 5.57. The largest absolute Gasteiger partial charge is 0.367 e. The highest BCUT2D eigenvalue weighted by molar-refractivity contribution is 5.80. The van der Waals surface area contributed by atoms with Crippen LogP contribution in [0, 0.1) is 0 Å². The van der Waals surface area contributed by atoms with Crippen molar-refractivity contribution in [2.75, 3.05) is 33.8 Å². The molecule has 0 aromatic heterocycles. The van der Waals surface area contributed by atoms with Crippen LogP contribution in [0.4, 0.5) is 0 Å². The third kappa shape index (κ3) is 3.47. The molecular formula is C11H22N2O2. The van der Waals surface area contributed by atoms with Crippen molar-refractivity contribution in [3.05, 3.63) is 0 Å². The van der Waals surface area contributed by atoms with Gasteiger partial charge in [0.25, 0.3) is 5.91 Å². The predicted octanol–water partition coefficient (Wildman–Crippen LogP) is 0.574. The van der Waals surface area contributed by atoms with Crippen LogP contribution in [-0.2, 0) is 9.53 Å². The van der Waals surface area contributed by atoms with E-state index in [0.29, 0.717) is 12.6 Å². The summed E-state index contributed by atoms with van der Waals surface area (Å²) in [7, 11) is 3.55. The molecule has 1 aliphatic heterocycles. The Morgan fingerprint density at radius 2 is 2.07 bits per heavy atom. The van der Waals surface area contributed by atoms with E-state index < -0.39 is 0 Å². The molecule has 88 valence electrons. The van der Waals surface area contributed by atoms with Gasteiger partial charge in [0.15, 0.2) is 0 Å². The van der Waals surface area contributed by atoms with Gasteiger partial charge in [-0.3, -0.25) is 9.69 Å². The SMILES string of the molecule is CC(C)N1CCOC(C(=O)N(C)C)CC1. The van der Waals surface area contributed by atoms with Crippen molar-refractivity contribution < 1.29 is 9.53 Å². The Bertz CT molecular complexity index is 217. The summed E-state index contributed by atoms with van der Waals surface area (Å²) in [6.07, 6.45) is 0.554. The van der Waals surface area contributed by atoms with Gasteiger partial charge in [-0.05, 0) is 20.3 Å². The number of ether oxygens (including phenoxy) is 1. The van der Waals surface area contributed by atoms with Crippen LogP contribution in [0.2, 0.25) is 0 Å². The molecule has 1 saturated heterocycles. The Morgan fingerprint density at radius 1 is 1.40 bits per heavy atom. The third-order valence-corrected chi connectivity index (χ3v) is 2.82. The summed E-state index contributed by atoms with van der Waals surface area (Å²) in [6.45, 7) is 6.88. The van der Waals surface area contributed by atoms with Gasteiger partial charge in [0.2, 0.25) is 0 Å². The van der Waals surface area contributed by atoms with Crippen molar-refractivity contribution in [2.45, 2.75) is 32.4 Å². The minimum Gasteiger partial charge on any atom is -0.367 e. The van der Waals surface area contributed by atoms with E-state index in [-0.39, 0.29) is 12.0 Å². The lowest BCUT2D eigenvalue weighted by molar-refractivity contribution is -0.140. The summed E-state index contributed by atoms with van der Waals surface area (Å²) in [5.74, 6) is 0.0839. The number of likely N-dealkylation sites (N-methyl/N-ethyl adjacent to an activating group) is 1. The molecule has 0 N–H and O–H groups in total. The quantitative estimate of drug-likeness (QED) is 0.674. The van der Waals surface area contributed by atoms with E-state index in [1.54, 1.807) is 19.0 Å². The molecule has 15 heavy (non-hydrogen) atoms. The van der Waals surface area contributed by atoms with Crippen LogP contribution in [0.25, 0.3) is 0 Å². The molecule has 1 rings (SSSR count). The zero-order valence-electron chi connectivity index (χ0n) is 10.2. The number of amides is 1. The Morgan fingerprint density at radius 3 is 2.60 bits per heavy atom. The van der Waals surface area contributed by atoms with Crippen LogP contribution in [0.1, 0.15) is 20.3 Å². The smallest absolute Gasteiger partial charge is 0.251 e. The normalized spacial score (nSPS) is 23.9. The lowest BCUT2D eigenvalue weighted by Gasteiger charge is -2.23. The van der Waals surface area contributed by atoms with E-state index in [4.69, 9.17) is 4.74 Å². The van der Waals surface area contributed by atoms with Gasteiger partial charge in [-0.25, -0.2) is 0 Å². The lowest BCUT2D eigenvalue weighted by atomic mass is 10.2. The number of carbonyl (C=O) groups excluding carboxylic acids is 1.